The fourth-order valence-electron chi connectivity index (χ4n) is 4.02. The summed E-state index contributed by atoms with van der Waals surface area (Å²) in [6, 6.07) is 20.5. The molecule has 2 amide bonds. The van der Waals surface area contributed by atoms with Gasteiger partial charge in [-0.2, -0.15) is 0 Å². The highest BCUT2D eigenvalue weighted by molar-refractivity contribution is 6.30. The second kappa shape index (κ2) is 7.96. The highest BCUT2D eigenvalue weighted by atomic mass is 35.5. The zero-order valence-corrected chi connectivity index (χ0v) is 17.5. The Kier molecular flexibility index (Phi) is 5.00. The van der Waals surface area contributed by atoms with Crippen molar-refractivity contribution in [2.24, 2.45) is 0 Å². The molecule has 1 fully saturated rings. The summed E-state index contributed by atoms with van der Waals surface area (Å²) in [7, 11) is 0. The van der Waals surface area contributed by atoms with Gasteiger partial charge >= 0.3 is 0 Å². The van der Waals surface area contributed by atoms with Crippen LogP contribution in [0.1, 0.15) is 20.7 Å². The third kappa shape index (κ3) is 3.82. The van der Waals surface area contributed by atoms with E-state index in [1.54, 1.807) is 18.2 Å². The van der Waals surface area contributed by atoms with E-state index in [0.717, 1.165) is 30.2 Å². The average molecular weight is 433 g/mol. The number of rotatable bonds is 2. The molecule has 156 valence electrons. The molecule has 0 atom stereocenters. The van der Waals surface area contributed by atoms with E-state index in [1.165, 1.54) is 0 Å². The molecule has 0 saturated carbocycles. The molecule has 0 radical (unpaired) electrons. The largest absolute Gasteiger partial charge is 0.368 e. The standard InChI is InChI=1S/C24H21ClN4O2/c25-17-6-8-18(9-7-17)28-11-13-29(14-12-28)24(31)16-5-10-21-22(15-16)27-23(30)19-3-1-2-4-20(19)26-21/h1-10,15,26H,11-14H2,(H,27,30). The van der Waals surface area contributed by atoms with Crippen molar-refractivity contribution >= 4 is 46.2 Å². The Morgan fingerprint density at radius 1 is 0.806 bits per heavy atom. The van der Waals surface area contributed by atoms with Crippen molar-refractivity contribution in [3.05, 3.63) is 82.9 Å². The number of nitrogens with zero attached hydrogens (tertiary/aromatic N) is 2. The van der Waals surface area contributed by atoms with E-state index in [0.29, 0.717) is 34.9 Å². The molecule has 3 aromatic rings. The van der Waals surface area contributed by atoms with Crippen molar-refractivity contribution in [2.45, 2.75) is 0 Å². The Morgan fingerprint density at radius 2 is 1.55 bits per heavy atom. The van der Waals surface area contributed by atoms with Gasteiger partial charge in [0.15, 0.2) is 0 Å². The van der Waals surface area contributed by atoms with Crippen molar-refractivity contribution in [3.63, 3.8) is 0 Å². The third-order valence-electron chi connectivity index (χ3n) is 5.71. The van der Waals surface area contributed by atoms with Crippen LogP contribution in [0, 0.1) is 0 Å². The summed E-state index contributed by atoms with van der Waals surface area (Å²) in [6.45, 7) is 2.78. The van der Waals surface area contributed by atoms with Crippen molar-refractivity contribution < 1.29 is 9.59 Å². The van der Waals surface area contributed by atoms with E-state index < -0.39 is 0 Å². The van der Waals surface area contributed by atoms with Gasteiger partial charge in [0, 0.05) is 42.5 Å². The topological polar surface area (TPSA) is 64.7 Å². The summed E-state index contributed by atoms with van der Waals surface area (Å²) < 4.78 is 0. The van der Waals surface area contributed by atoms with Gasteiger partial charge in [0.05, 0.1) is 22.6 Å². The van der Waals surface area contributed by atoms with Crippen LogP contribution in [-0.4, -0.2) is 42.9 Å². The number of carbonyl (C=O) groups is 2. The zero-order valence-electron chi connectivity index (χ0n) is 16.8. The molecule has 1 saturated heterocycles. The molecule has 0 aromatic heterocycles. The van der Waals surface area contributed by atoms with E-state index in [9.17, 15) is 9.59 Å². The maximum Gasteiger partial charge on any atom is 0.257 e. The van der Waals surface area contributed by atoms with Gasteiger partial charge in [-0.15, -0.1) is 0 Å². The molecule has 2 heterocycles. The minimum absolute atomic E-state index is 0.0328. The SMILES string of the molecule is O=C1Nc2cc(C(=O)N3CCN(c4ccc(Cl)cc4)CC3)ccc2Nc2ccccc21. The first-order valence-electron chi connectivity index (χ1n) is 10.2. The van der Waals surface area contributed by atoms with E-state index in [1.807, 2.05) is 53.4 Å². The Balaban J connectivity index is 1.30. The van der Waals surface area contributed by atoms with Crippen molar-refractivity contribution in [1.82, 2.24) is 4.90 Å². The van der Waals surface area contributed by atoms with Crippen molar-refractivity contribution in [3.8, 4) is 0 Å². The van der Waals surface area contributed by atoms with E-state index in [-0.39, 0.29) is 11.8 Å². The molecule has 3 aromatic carbocycles. The first kappa shape index (κ1) is 19.5. The lowest BCUT2D eigenvalue weighted by molar-refractivity contribution is 0.0746. The van der Waals surface area contributed by atoms with Gasteiger partial charge in [-0.25, -0.2) is 0 Å². The van der Waals surface area contributed by atoms with Gasteiger partial charge in [0.2, 0.25) is 0 Å². The number of nitrogens with one attached hydrogen (secondary N) is 2. The van der Waals surface area contributed by atoms with Crippen LogP contribution in [0.15, 0.2) is 66.7 Å². The first-order chi connectivity index (χ1) is 15.1. The number of para-hydroxylation sites is 1. The fourth-order valence-corrected chi connectivity index (χ4v) is 4.14. The Hall–Kier alpha value is -3.51. The summed E-state index contributed by atoms with van der Waals surface area (Å²) in [5.74, 6) is -0.224. The van der Waals surface area contributed by atoms with Crippen LogP contribution in [0.3, 0.4) is 0 Å². The maximum atomic E-state index is 13.1. The first-order valence-corrected chi connectivity index (χ1v) is 10.6. The lowest BCUT2D eigenvalue weighted by Crippen LogP contribution is -2.48. The molecular formula is C24H21ClN4O2. The Morgan fingerprint density at radius 3 is 2.32 bits per heavy atom. The lowest BCUT2D eigenvalue weighted by atomic mass is 10.1. The van der Waals surface area contributed by atoms with Gasteiger partial charge in [0.1, 0.15) is 0 Å². The molecule has 6 nitrogen and oxygen atoms in total. The summed E-state index contributed by atoms with van der Waals surface area (Å²) in [5.41, 5.74) is 4.36. The van der Waals surface area contributed by atoms with Gasteiger partial charge in [-0.1, -0.05) is 23.7 Å². The number of carbonyl (C=O) groups excluding carboxylic acids is 2. The predicted molar refractivity (Wildman–Crippen MR) is 124 cm³/mol. The number of fused-ring (bicyclic) bond motifs is 2. The van der Waals surface area contributed by atoms with Crippen LogP contribution in [0.4, 0.5) is 22.7 Å². The van der Waals surface area contributed by atoms with E-state index in [2.05, 4.69) is 15.5 Å². The molecule has 5 rings (SSSR count). The second-order valence-corrected chi connectivity index (χ2v) is 8.08. The molecule has 2 aliphatic rings. The monoisotopic (exact) mass is 432 g/mol. The Labute approximate surface area is 185 Å². The molecule has 7 heteroatoms. The van der Waals surface area contributed by atoms with Gasteiger partial charge < -0.3 is 20.4 Å². The average Bonchev–Trinajstić information content (AvgIpc) is 2.94. The highest BCUT2D eigenvalue weighted by Gasteiger charge is 2.24. The maximum absolute atomic E-state index is 13.1. The Bertz CT molecular complexity index is 1150. The number of hydrogen-bond acceptors (Lipinski definition) is 4. The predicted octanol–water partition coefficient (Wildman–Crippen LogP) is 4.61. The minimum Gasteiger partial charge on any atom is -0.368 e. The normalized spacial score (nSPS) is 15.3. The molecule has 2 aliphatic heterocycles. The van der Waals surface area contributed by atoms with E-state index in [4.69, 9.17) is 11.6 Å². The molecular weight excluding hydrogens is 412 g/mol. The van der Waals surface area contributed by atoms with Crippen LogP contribution >= 0.6 is 11.6 Å². The third-order valence-corrected chi connectivity index (χ3v) is 5.97. The van der Waals surface area contributed by atoms with Crippen LogP contribution < -0.4 is 15.5 Å². The molecule has 31 heavy (non-hydrogen) atoms. The van der Waals surface area contributed by atoms with Crippen molar-refractivity contribution in [1.29, 1.82) is 0 Å². The van der Waals surface area contributed by atoms with Crippen molar-refractivity contribution in [2.75, 3.05) is 41.7 Å². The molecule has 2 N–H and O–H groups in total. The lowest BCUT2D eigenvalue weighted by Gasteiger charge is -2.36. The fraction of sp³-hybridized carbons (Fsp3) is 0.167. The summed E-state index contributed by atoms with van der Waals surface area (Å²) >= 11 is 5.98. The van der Waals surface area contributed by atoms with Crippen LogP contribution in [-0.2, 0) is 0 Å². The van der Waals surface area contributed by atoms with E-state index >= 15 is 0 Å². The molecule has 0 spiro atoms. The summed E-state index contributed by atoms with van der Waals surface area (Å²) in [4.78, 5) is 29.8. The summed E-state index contributed by atoms with van der Waals surface area (Å²) in [6.07, 6.45) is 0. The number of anilines is 4. The summed E-state index contributed by atoms with van der Waals surface area (Å²) in [5, 5.41) is 6.91. The molecule has 0 unspecified atom stereocenters. The molecule has 0 aliphatic carbocycles. The number of amides is 2. The number of hydrogen-bond donors (Lipinski definition) is 2. The zero-order chi connectivity index (χ0) is 21.4. The highest BCUT2D eigenvalue weighted by Crippen LogP contribution is 2.33. The van der Waals surface area contributed by atoms with Gasteiger partial charge in [-0.3, -0.25) is 9.59 Å². The number of halogens is 1. The number of piperazine rings is 1. The van der Waals surface area contributed by atoms with Gasteiger partial charge in [-0.05, 0) is 54.6 Å². The van der Waals surface area contributed by atoms with Crippen LogP contribution in [0.25, 0.3) is 0 Å². The van der Waals surface area contributed by atoms with Gasteiger partial charge in [0.25, 0.3) is 11.8 Å². The minimum atomic E-state index is -0.192. The van der Waals surface area contributed by atoms with Crippen LogP contribution in [0.2, 0.25) is 5.02 Å². The molecule has 0 bridgehead atoms. The second-order valence-electron chi connectivity index (χ2n) is 7.64. The number of benzene rings is 3. The smallest absolute Gasteiger partial charge is 0.257 e. The quantitative estimate of drug-likeness (QED) is 0.620. The van der Waals surface area contributed by atoms with Crippen LogP contribution in [0.5, 0.6) is 0 Å².